The highest BCUT2D eigenvalue weighted by Gasteiger charge is 2.14. The molecule has 0 fully saturated rings. The van der Waals surface area contributed by atoms with E-state index < -0.39 is 0 Å². The minimum Gasteiger partial charge on any atom is -0.496 e. The number of methoxy groups -OCH3 is 1. The molecule has 0 atom stereocenters. The molecular weight excluding hydrogens is 192 g/mol. The summed E-state index contributed by atoms with van der Waals surface area (Å²) in [7, 11) is 1.60. The maximum Gasteiger partial charge on any atom is 0.338 e. The first kappa shape index (κ1) is 11.6. The maximum atomic E-state index is 11.6. The molecule has 0 aliphatic heterocycles. The van der Waals surface area contributed by atoms with Crippen LogP contribution >= 0.6 is 0 Å². The summed E-state index contributed by atoms with van der Waals surface area (Å²) in [6.07, 6.45) is 0. The fourth-order valence-electron chi connectivity index (χ4n) is 1.57. The number of hydrogen-bond donors (Lipinski definition) is 0. The summed E-state index contributed by atoms with van der Waals surface area (Å²) < 4.78 is 10.2. The van der Waals surface area contributed by atoms with Crippen molar-refractivity contribution in [2.24, 2.45) is 0 Å². The van der Waals surface area contributed by atoms with Crippen molar-refractivity contribution in [2.75, 3.05) is 13.7 Å². The third-order valence-corrected chi connectivity index (χ3v) is 2.30. The van der Waals surface area contributed by atoms with Crippen LogP contribution in [0.5, 0.6) is 5.75 Å². The van der Waals surface area contributed by atoms with Crippen molar-refractivity contribution in [3.63, 3.8) is 0 Å². The second-order valence-corrected chi connectivity index (χ2v) is 3.31. The van der Waals surface area contributed by atoms with Crippen LogP contribution in [0.15, 0.2) is 12.1 Å². The summed E-state index contributed by atoms with van der Waals surface area (Å²) in [5.74, 6) is 0.453. The van der Waals surface area contributed by atoms with Crippen LogP contribution in [-0.2, 0) is 4.74 Å². The zero-order valence-corrected chi connectivity index (χ0v) is 9.59. The number of esters is 1. The molecule has 0 aliphatic carbocycles. The maximum absolute atomic E-state index is 11.6. The summed E-state index contributed by atoms with van der Waals surface area (Å²) in [5.41, 5.74) is 2.42. The Labute approximate surface area is 90.0 Å². The molecule has 1 aromatic carbocycles. The van der Waals surface area contributed by atoms with Gasteiger partial charge in [-0.25, -0.2) is 4.79 Å². The predicted molar refractivity (Wildman–Crippen MR) is 58.4 cm³/mol. The van der Waals surface area contributed by atoms with Crippen LogP contribution in [0.2, 0.25) is 0 Å². The van der Waals surface area contributed by atoms with Gasteiger partial charge in [-0.3, -0.25) is 0 Å². The van der Waals surface area contributed by atoms with E-state index in [0.717, 1.165) is 16.9 Å². The molecule has 0 saturated heterocycles. The van der Waals surface area contributed by atoms with E-state index in [0.29, 0.717) is 12.2 Å². The summed E-state index contributed by atoms with van der Waals surface area (Å²) in [4.78, 5) is 11.6. The van der Waals surface area contributed by atoms with Crippen LogP contribution in [0, 0.1) is 13.8 Å². The molecule has 0 N–H and O–H groups in total. The van der Waals surface area contributed by atoms with Crippen LogP contribution in [-0.4, -0.2) is 19.7 Å². The van der Waals surface area contributed by atoms with Gasteiger partial charge in [0.05, 0.1) is 19.3 Å². The molecule has 0 amide bonds. The molecule has 0 bridgehead atoms. The molecule has 3 nitrogen and oxygen atoms in total. The van der Waals surface area contributed by atoms with Gasteiger partial charge in [0.25, 0.3) is 0 Å². The van der Waals surface area contributed by atoms with Crippen LogP contribution in [0.3, 0.4) is 0 Å². The van der Waals surface area contributed by atoms with Crippen LogP contribution in [0.1, 0.15) is 28.4 Å². The Balaban J connectivity index is 3.15. The quantitative estimate of drug-likeness (QED) is 0.716. The fourth-order valence-corrected chi connectivity index (χ4v) is 1.57. The largest absolute Gasteiger partial charge is 0.496 e. The molecule has 3 heteroatoms. The highest BCUT2D eigenvalue weighted by atomic mass is 16.5. The number of ether oxygens (including phenoxy) is 2. The number of carbonyl (C=O) groups excluding carboxylic acids is 1. The topological polar surface area (TPSA) is 35.5 Å². The molecule has 1 aromatic rings. The molecule has 0 radical (unpaired) electrons. The van der Waals surface area contributed by atoms with E-state index in [-0.39, 0.29) is 5.97 Å². The van der Waals surface area contributed by atoms with Crippen molar-refractivity contribution in [2.45, 2.75) is 20.8 Å². The molecule has 15 heavy (non-hydrogen) atoms. The van der Waals surface area contributed by atoms with Crippen LogP contribution < -0.4 is 4.74 Å². The molecule has 0 heterocycles. The Morgan fingerprint density at radius 2 is 2.00 bits per heavy atom. The number of aryl methyl sites for hydroxylation is 1. The van der Waals surface area contributed by atoms with E-state index in [1.807, 2.05) is 19.9 Å². The van der Waals surface area contributed by atoms with Crippen molar-refractivity contribution in [1.82, 2.24) is 0 Å². The Morgan fingerprint density at radius 3 is 2.53 bits per heavy atom. The monoisotopic (exact) mass is 208 g/mol. The molecule has 0 saturated carbocycles. The number of rotatable bonds is 3. The average molecular weight is 208 g/mol. The first-order valence-electron chi connectivity index (χ1n) is 4.93. The van der Waals surface area contributed by atoms with Gasteiger partial charge in [0.1, 0.15) is 5.75 Å². The second-order valence-electron chi connectivity index (χ2n) is 3.31. The molecule has 0 aromatic heterocycles. The van der Waals surface area contributed by atoms with Gasteiger partial charge in [-0.1, -0.05) is 6.07 Å². The predicted octanol–water partition coefficient (Wildman–Crippen LogP) is 2.49. The van der Waals surface area contributed by atoms with E-state index in [1.54, 1.807) is 20.1 Å². The zero-order valence-electron chi connectivity index (χ0n) is 9.59. The minimum atomic E-state index is -0.298. The molecular formula is C12H16O3. The van der Waals surface area contributed by atoms with Crippen LogP contribution in [0.25, 0.3) is 0 Å². The lowest BCUT2D eigenvalue weighted by Crippen LogP contribution is -2.08. The van der Waals surface area contributed by atoms with E-state index >= 15 is 0 Å². The molecule has 0 unspecified atom stereocenters. The van der Waals surface area contributed by atoms with Crippen LogP contribution in [0.4, 0.5) is 0 Å². The Morgan fingerprint density at radius 1 is 1.33 bits per heavy atom. The number of hydrogen-bond acceptors (Lipinski definition) is 3. The van der Waals surface area contributed by atoms with Gasteiger partial charge in [-0.15, -0.1) is 0 Å². The highest BCUT2D eigenvalue weighted by Crippen LogP contribution is 2.26. The molecule has 82 valence electrons. The number of benzene rings is 1. The number of carbonyl (C=O) groups is 1. The highest BCUT2D eigenvalue weighted by molar-refractivity contribution is 5.92. The zero-order chi connectivity index (χ0) is 11.4. The van der Waals surface area contributed by atoms with Gasteiger partial charge in [-0.2, -0.15) is 0 Å². The third kappa shape index (κ3) is 2.29. The van der Waals surface area contributed by atoms with Gasteiger partial charge in [0, 0.05) is 5.56 Å². The first-order valence-corrected chi connectivity index (χ1v) is 4.93. The minimum absolute atomic E-state index is 0.298. The molecule has 0 aliphatic rings. The van der Waals surface area contributed by atoms with Gasteiger partial charge in [0.15, 0.2) is 0 Å². The van der Waals surface area contributed by atoms with E-state index in [9.17, 15) is 4.79 Å². The second kappa shape index (κ2) is 4.82. The lowest BCUT2D eigenvalue weighted by atomic mass is 10.0. The SMILES string of the molecule is CCOC(=O)c1ccc(C)c(OC)c1C. The lowest BCUT2D eigenvalue weighted by Gasteiger charge is -2.11. The van der Waals surface area contributed by atoms with Gasteiger partial charge in [0.2, 0.25) is 0 Å². The standard InChI is InChI=1S/C12H16O3/c1-5-15-12(13)10-7-6-8(2)11(14-4)9(10)3/h6-7H,5H2,1-4H3. The average Bonchev–Trinajstić information content (AvgIpc) is 2.18. The van der Waals surface area contributed by atoms with Crippen molar-refractivity contribution >= 4 is 5.97 Å². The summed E-state index contributed by atoms with van der Waals surface area (Å²) in [6, 6.07) is 3.63. The normalized spacial score (nSPS) is 9.87. The summed E-state index contributed by atoms with van der Waals surface area (Å²) >= 11 is 0. The smallest absolute Gasteiger partial charge is 0.338 e. The van der Waals surface area contributed by atoms with Gasteiger partial charge >= 0.3 is 5.97 Å². The van der Waals surface area contributed by atoms with Crippen molar-refractivity contribution in [3.8, 4) is 5.75 Å². The van der Waals surface area contributed by atoms with Crippen molar-refractivity contribution in [3.05, 3.63) is 28.8 Å². The van der Waals surface area contributed by atoms with E-state index in [4.69, 9.17) is 9.47 Å². The van der Waals surface area contributed by atoms with Gasteiger partial charge in [-0.05, 0) is 32.4 Å². The molecule has 0 spiro atoms. The van der Waals surface area contributed by atoms with Crippen molar-refractivity contribution in [1.29, 1.82) is 0 Å². The van der Waals surface area contributed by atoms with E-state index in [2.05, 4.69) is 0 Å². The van der Waals surface area contributed by atoms with E-state index in [1.165, 1.54) is 0 Å². The Bertz CT molecular complexity index is 369. The fraction of sp³-hybridized carbons (Fsp3) is 0.417. The first-order chi connectivity index (χ1) is 7.11. The van der Waals surface area contributed by atoms with Gasteiger partial charge < -0.3 is 9.47 Å². The van der Waals surface area contributed by atoms with Crippen molar-refractivity contribution < 1.29 is 14.3 Å². The Hall–Kier alpha value is -1.51. The summed E-state index contributed by atoms with van der Waals surface area (Å²) in [5, 5.41) is 0. The third-order valence-electron chi connectivity index (χ3n) is 2.30. The Kier molecular flexibility index (Phi) is 3.72. The summed E-state index contributed by atoms with van der Waals surface area (Å²) in [6.45, 7) is 5.98. The lowest BCUT2D eigenvalue weighted by molar-refractivity contribution is 0.0525. The molecule has 1 rings (SSSR count).